The molecule has 278 valence electrons. The van der Waals surface area contributed by atoms with E-state index in [4.69, 9.17) is 15.0 Å². The molecule has 19 heteroatoms. The molecule has 2 aromatic heterocycles. The number of nitrogens with zero attached hydrogens (tertiary/aromatic N) is 4. The Morgan fingerprint density at radius 1 is 0.679 bits per heavy atom. The van der Waals surface area contributed by atoms with Crippen LogP contribution in [0.15, 0.2) is 113 Å². The number of nitrogens with two attached hydrogens (primary N) is 2. The Labute approximate surface area is 299 Å². The number of hydrogen-bond acceptors (Lipinski definition) is 7. The molecule has 0 aliphatic carbocycles. The van der Waals surface area contributed by atoms with Crippen LogP contribution in [0.3, 0.4) is 0 Å². The number of methoxy groups -OCH3 is 1. The molecular formula is C34H28F6N6O5S2. The molecule has 0 atom stereocenters. The summed E-state index contributed by atoms with van der Waals surface area (Å²) in [5, 5.41) is 17.6. The summed E-state index contributed by atoms with van der Waals surface area (Å²) in [5.74, 6) is -0.651. The van der Waals surface area contributed by atoms with Crippen molar-refractivity contribution in [2.75, 3.05) is 7.11 Å². The van der Waals surface area contributed by atoms with Gasteiger partial charge in [-0.3, -0.25) is 0 Å². The number of primary sulfonamides is 2. The van der Waals surface area contributed by atoms with Crippen molar-refractivity contribution in [3.05, 3.63) is 126 Å². The van der Waals surface area contributed by atoms with Crippen molar-refractivity contribution in [1.82, 2.24) is 19.6 Å². The maximum Gasteiger partial charge on any atom is 0.435 e. The molecule has 2 heterocycles. The van der Waals surface area contributed by atoms with Gasteiger partial charge in [0.15, 0.2) is 17.3 Å². The van der Waals surface area contributed by atoms with E-state index in [1.165, 1.54) is 72.5 Å². The molecule has 0 saturated carbocycles. The molecule has 0 saturated heterocycles. The summed E-state index contributed by atoms with van der Waals surface area (Å²) < 4.78 is 132. The summed E-state index contributed by atoms with van der Waals surface area (Å²) in [7, 11) is -6.49. The fourth-order valence-corrected chi connectivity index (χ4v) is 5.97. The Hall–Kier alpha value is -5.50. The fourth-order valence-electron chi connectivity index (χ4n) is 4.93. The first kappa shape index (κ1) is 38.7. The van der Waals surface area contributed by atoms with E-state index in [9.17, 15) is 43.2 Å². The first-order valence-electron chi connectivity index (χ1n) is 15.0. The Kier molecular flexibility index (Phi) is 10.9. The van der Waals surface area contributed by atoms with Crippen LogP contribution in [0.4, 0.5) is 26.3 Å². The van der Waals surface area contributed by atoms with Crippen LogP contribution in [0, 0.1) is 12.7 Å². The molecule has 0 radical (unpaired) electrons. The first-order chi connectivity index (χ1) is 24.8. The molecule has 0 aliphatic heterocycles. The number of aryl methyl sites for hydroxylation is 1. The van der Waals surface area contributed by atoms with Crippen LogP contribution in [0.5, 0.6) is 5.75 Å². The monoisotopic (exact) mass is 778 g/mol. The second-order valence-corrected chi connectivity index (χ2v) is 14.4. The Morgan fingerprint density at radius 3 is 1.58 bits per heavy atom. The summed E-state index contributed by atoms with van der Waals surface area (Å²) in [6.07, 6.45) is -7.44. The highest BCUT2D eigenvalue weighted by molar-refractivity contribution is 7.89. The third-order valence-corrected chi connectivity index (χ3v) is 9.42. The zero-order chi connectivity index (χ0) is 38.9. The normalized spacial score (nSPS) is 12.1. The standard InChI is InChI=1S/C17H14F3N3O3S.C17H14F3N3O2S/c1-26-16-7-2-10(8-13(16)18)15-9-14(17(19)20)22-23(15)11-3-5-12(6-4-11)27(21,24)25;1-11-2-4-12(5-3-11)15-10-16(17(18,19)20)22-23(15)13-6-8-14(9-7-13)26(21,24)25/h2-9,17H,1H3,(H2,21,24,25);2-10H,1H3,(H2,21,24,25). The van der Waals surface area contributed by atoms with Crippen LogP contribution in [0.1, 0.15) is 23.4 Å². The van der Waals surface area contributed by atoms with Crippen molar-refractivity contribution < 1.29 is 47.9 Å². The molecule has 0 aliphatic rings. The van der Waals surface area contributed by atoms with Crippen LogP contribution in [-0.4, -0.2) is 43.5 Å². The lowest BCUT2D eigenvalue weighted by Crippen LogP contribution is -2.12. The second-order valence-electron chi connectivity index (χ2n) is 11.3. The summed E-state index contributed by atoms with van der Waals surface area (Å²) in [6.45, 7) is 1.87. The van der Waals surface area contributed by atoms with Crippen LogP contribution in [0.2, 0.25) is 0 Å². The Morgan fingerprint density at radius 2 is 1.15 bits per heavy atom. The van der Waals surface area contributed by atoms with Gasteiger partial charge in [-0.2, -0.15) is 23.4 Å². The number of alkyl halides is 5. The van der Waals surface area contributed by atoms with Gasteiger partial charge in [0.05, 0.1) is 39.7 Å². The minimum absolute atomic E-state index is 0.0106. The van der Waals surface area contributed by atoms with E-state index in [-0.39, 0.29) is 32.6 Å². The molecule has 4 N–H and O–H groups in total. The molecule has 6 rings (SSSR count). The molecule has 53 heavy (non-hydrogen) atoms. The number of benzene rings is 4. The number of rotatable bonds is 8. The summed E-state index contributed by atoms with van der Waals surface area (Å²) in [6, 6.07) is 23.4. The third-order valence-electron chi connectivity index (χ3n) is 7.57. The molecule has 11 nitrogen and oxygen atoms in total. The Bertz CT molecular complexity index is 2470. The van der Waals surface area contributed by atoms with Gasteiger partial charge in [-0.05, 0) is 85.8 Å². The van der Waals surface area contributed by atoms with Crippen molar-refractivity contribution >= 4 is 20.0 Å². The number of halogens is 6. The summed E-state index contributed by atoms with van der Waals surface area (Å²) in [5.41, 5.74) is 1.30. The van der Waals surface area contributed by atoms with E-state index in [0.29, 0.717) is 16.8 Å². The van der Waals surface area contributed by atoms with Crippen molar-refractivity contribution in [2.45, 2.75) is 29.3 Å². The van der Waals surface area contributed by atoms with Crippen LogP contribution >= 0.6 is 0 Å². The van der Waals surface area contributed by atoms with E-state index in [0.717, 1.165) is 28.4 Å². The lowest BCUT2D eigenvalue weighted by atomic mass is 10.1. The van der Waals surface area contributed by atoms with E-state index in [1.54, 1.807) is 24.3 Å². The fraction of sp³-hybridized carbons (Fsp3) is 0.118. The average Bonchev–Trinajstić information content (AvgIpc) is 3.75. The molecular weight excluding hydrogens is 751 g/mol. The van der Waals surface area contributed by atoms with Crippen LogP contribution < -0.4 is 15.0 Å². The van der Waals surface area contributed by atoms with E-state index in [1.807, 2.05) is 6.92 Å². The first-order valence-corrected chi connectivity index (χ1v) is 18.1. The van der Waals surface area contributed by atoms with Crippen molar-refractivity contribution in [3.8, 4) is 39.6 Å². The summed E-state index contributed by atoms with van der Waals surface area (Å²) in [4.78, 5) is -0.272. The van der Waals surface area contributed by atoms with Gasteiger partial charge in [0.25, 0.3) is 6.43 Å². The van der Waals surface area contributed by atoms with Gasteiger partial charge in [0.1, 0.15) is 5.69 Å². The lowest BCUT2D eigenvalue weighted by Gasteiger charge is -2.09. The highest BCUT2D eigenvalue weighted by Gasteiger charge is 2.35. The molecule has 4 aromatic carbocycles. The van der Waals surface area contributed by atoms with Crippen LogP contribution in [0.25, 0.3) is 33.9 Å². The maximum absolute atomic E-state index is 14.0. The molecule has 6 aromatic rings. The molecule has 0 spiro atoms. The van der Waals surface area contributed by atoms with Gasteiger partial charge in [0.2, 0.25) is 20.0 Å². The van der Waals surface area contributed by atoms with Gasteiger partial charge >= 0.3 is 6.18 Å². The van der Waals surface area contributed by atoms with Gasteiger partial charge in [-0.1, -0.05) is 29.8 Å². The highest BCUT2D eigenvalue weighted by atomic mass is 32.2. The van der Waals surface area contributed by atoms with Gasteiger partial charge < -0.3 is 4.74 Å². The zero-order valence-corrected chi connectivity index (χ0v) is 29.1. The van der Waals surface area contributed by atoms with Crippen LogP contribution in [-0.2, 0) is 26.2 Å². The van der Waals surface area contributed by atoms with E-state index < -0.39 is 49.9 Å². The maximum atomic E-state index is 14.0. The van der Waals surface area contributed by atoms with Crippen molar-refractivity contribution in [2.24, 2.45) is 10.3 Å². The van der Waals surface area contributed by atoms with Gasteiger partial charge in [-0.15, -0.1) is 0 Å². The zero-order valence-electron chi connectivity index (χ0n) is 27.5. The number of hydrogen-bond donors (Lipinski definition) is 2. The van der Waals surface area contributed by atoms with Gasteiger partial charge in [-0.25, -0.2) is 49.6 Å². The predicted octanol–water partition coefficient (Wildman–Crippen LogP) is 6.79. The SMILES string of the molecule is COc1ccc(-c2cc(C(F)F)nn2-c2ccc(S(N)(=O)=O)cc2)cc1F.Cc1ccc(-c2cc(C(F)(F)F)nn2-c2ccc(S(N)(=O)=O)cc2)cc1. The predicted molar refractivity (Wildman–Crippen MR) is 182 cm³/mol. The largest absolute Gasteiger partial charge is 0.494 e. The van der Waals surface area contributed by atoms with E-state index >= 15 is 0 Å². The Balaban J connectivity index is 0.000000204. The highest BCUT2D eigenvalue weighted by Crippen LogP contribution is 2.34. The molecule has 0 fully saturated rings. The number of sulfonamides is 2. The summed E-state index contributed by atoms with van der Waals surface area (Å²) >= 11 is 0. The number of ether oxygens (including phenoxy) is 1. The minimum atomic E-state index is -4.61. The quantitative estimate of drug-likeness (QED) is 0.161. The molecule has 0 unspecified atom stereocenters. The molecule has 0 amide bonds. The average molecular weight is 779 g/mol. The van der Waals surface area contributed by atoms with Crippen molar-refractivity contribution in [3.63, 3.8) is 0 Å². The van der Waals surface area contributed by atoms with Gasteiger partial charge in [0, 0.05) is 11.1 Å². The number of aromatic nitrogens is 4. The third kappa shape index (κ3) is 8.94. The minimum Gasteiger partial charge on any atom is -0.494 e. The lowest BCUT2D eigenvalue weighted by molar-refractivity contribution is -0.141. The van der Waals surface area contributed by atoms with Crippen molar-refractivity contribution in [1.29, 1.82) is 0 Å². The van der Waals surface area contributed by atoms with E-state index in [2.05, 4.69) is 10.2 Å². The smallest absolute Gasteiger partial charge is 0.435 e. The topological polar surface area (TPSA) is 165 Å². The molecule has 0 bridgehead atoms. The second kappa shape index (κ2) is 14.9.